The fraction of sp³-hybridized carbons (Fsp3) is 0.429. The molecule has 2 aromatic carbocycles. The predicted molar refractivity (Wildman–Crippen MR) is 106 cm³/mol. The smallest absolute Gasteiger partial charge is 0.241 e. The number of aryl methyl sites for hydroxylation is 1. The van der Waals surface area contributed by atoms with Gasteiger partial charge in [0.05, 0.1) is 18.0 Å². The second kappa shape index (κ2) is 6.84. The van der Waals surface area contributed by atoms with Gasteiger partial charge in [-0.2, -0.15) is 0 Å². The first kappa shape index (κ1) is 19.7. The van der Waals surface area contributed by atoms with Crippen LogP contribution < -0.4 is 14.2 Å². The van der Waals surface area contributed by atoms with Crippen molar-refractivity contribution in [2.75, 3.05) is 7.11 Å². The summed E-state index contributed by atoms with van der Waals surface area (Å²) in [6.07, 6.45) is 0.552. The molecule has 0 spiro atoms. The molecule has 0 fully saturated rings. The van der Waals surface area contributed by atoms with Crippen molar-refractivity contribution in [1.29, 1.82) is 0 Å². The van der Waals surface area contributed by atoms with Crippen LogP contribution in [0.1, 0.15) is 48.6 Å². The molecule has 0 saturated heterocycles. The molecule has 2 aromatic rings. The topological polar surface area (TPSA) is 64.6 Å². The molecule has 0 aromatic heterocycles. The summed E-state index contributed by atoms with van der Waals surface area (Å²) in [6, 6.07) is 8.83. The van der Waals surface area contributed by atoms with Crippen LogP contribution in [-0.4, -0.2) is 21.1 Å². The van der Waals surface area contributed by atoms with Crippen LogP contribution in [0.4, 0.5) is 0 Å². The fourth-order valence-corrected chi connectivity index (χ4v) is 5.13. The number of nitrogens with one attached hydrogen (secondary N) is 1. The Balaban J connectivity index is 2.02. The highest BCUT2D eigenvalue weighted by Crippen LogP contribution is 2.41. The van der Waals surface area contributed by atoms with E-state index in [0.29, 0.717) is 17.7 Å². The minimum atomic E-state index is -3.70. The van der Waals surface area contributed by atoms with Crippen LogP contribution in [0, 0.1) is 20.8 Å². The predicted octanol–water partition coefficient (Wildman–Crippen LogP) is 4.20. The highest BCUT2D eigenvalue weighted by atomic mass is 32.2. The molecule has 1 atom stereocenters. The number of rotatable bonds is 4. The van der Waals surface area contributed by atoms with Crippen molar-refractivity contribution >= 4 is 10.0 Å². The maximum atomic E-state index is 13.2. The number of ether oxygens (including phenoxy) is 2. The van der Waals surface area contributed by atoms with E-state index in [4.69, 9.17) is 9.47 Å². The zero-order valence-electron chi connectivity index (χ0n) is 16.7. The first-order valence-corrected chi connectivity index (χ1v) is 10.5. The summed E-state index contributed by atoms with van der Waals surface area (Å²) in [5.74, 6) is 1.41. The van der Waals surface area contributed by atoms with Gasteiger partial charge in [-0.15, -0.1) is 0 Å². The van der Waals surface area contributed by atoms with Gasteiger partial charge in [0, 0.05) is 12.0 Å². The molecule has 6 heteroatoms. The Morgan fingerprint density at radius 2 is 1.81 bits per heavy atom. The number of fused-ring (bicyclic) bond motifs is 1. The maximum absolute atomic E-state index is 13.2. The lowest BCUT2D eigenvalue weighted by molar-refractivity contribution is 0.0701. The molecular formula is C21H27NO4S. The molecule has 1 aliphatic heterocycles. The Morgan fingerprint density at radius 3 is 2.48 bits per heavy atom. The molecule has 5 nitrogen and oxygen atoms in total. The molecule has 3 rings (SSSR count). The third-order valence-corrected chi connectivity index (χ3v) is 6.73. The molecule has 1 aliphatic rings. The van der Waals surface area contributed by atoms with Crippen LogP contribution in [0.25, 0.3) is 0 Å². The zero-order valence-corrected chi connectivity index (χ0v) is 17.5. The molecule has 1 N–H and O–H groups in total. The number of methoxy groups -OCH3 is 1. The minimum absolute atomic E-state index is 0.277. The second-order valence-electron chi connectivity index (χ2n) is 7.80. The van der Waals surface area contributed by atoms with Crippen LogP contribution in [0.2, 0.25) is 0 Å². The summed E-state index contributed by atoms with van der Waals surface area (Å²) >= 11 is 0. The molecule has 0 radical (unpaired) electrons. The monoisotopic (exact) mass is 389 g/mol. The lowest BCUT2D eigenvalue weighted by Gasteiger charge is -2.38. The van der Waals surface area contributed by atoms with Crippen molar-refractivity contribution in [1.82, 2.24) is 4.72 Å². The van der Waals surface area contributed by atoms with E-state index in [1.807, 2.05) is 45.9 Å². The molecule has 0 amide bonds. The van der Waals surface area contributed by atoms with Gasteiger partial charge < -0.3 is 9.47 Å². The molecule has 1 heterocycles. The Morgan fingerprint density at radius 1 is 1.11 bits per heavy atom. The molecular weight excluding hydrogens is 362 g/mol. The highest BCUT2D eigenvalue weighted by molar-refractivity contribution is 7.89. The molecule has 27 heavy (non-hydrogen) atoms. The van der Waals surface area contributed by atoms with Gasteiger partial charge in [0.1, 0.15) is 17.1 Å². The van der Waals surface area contributed by atoms with Crippen molar-refractivity contribution in [3.8, 4) is 11.5 Å². The van der Waals surface area contributed by atoms with E-state index < -0.39 is 15.6 Å². The lowest BCUT2D eigenvalue weighted by atomic mass is 9.89. The molecule has 0 unspecified atom stereocenters. The number of hydrogen-bond acceptors (Lipinski definition) is 4. The lowest BCUT2D eigenvalue weighted by Crippen LogP contribution is -2.41. The van der Waals surface area contributed by atoms with Crippen LogP contribution in [-0.2, 0) is 10.0 Å². The molecule has 146 valence electrons. The third kappa shape index (κ3) is 3.82. The van der Waals surface area contributed by atoms with E-state index in [9.17, 15) is 8.42 Å². The van der Waals surface area contributed by atoms with Crippen LogP contribution in [0.15, 0.2) is 35.2 Å². The largest absolute Gasteiger partial charge is 0.496 e. The quantitative estimate of drug-likeness (QED) is 0.851. The average Bonchev–Trinajstić information content (AvgIpc) is 2.56. The van der Waals surface area contributed by atoms with Gasteiger partial charge >= 0.3 is 0 Å². The first-order chi connectivity index (χ1) is 12.5. The SMILES string of the molecule is COc1ccc(S(=O)(=O)N[C@@H]2CC(C)(C)Oc3ccc(C)cc32)c(C)c1C. The van der Waals surface area contributed by atoms with Gasteiger partial charge in [0.2, 0.25) is 10.0 Å². The maximum Gasteiger partial charge on any atom is 0.241 e. The van der Waals surface area contributed by atoms with Crippen molar-refractivity contribution < 1.29 is 17.9 Å². The Labute approximate surface area is 161 Å². The van der Waals surface area contributed by atoms with Gasteiger partial charge in [-0.25, -0.2) is 13.1 Å². The summed E-state index contributed by atoms with van der Waals surface area (Å²) in [7, 11) is -2.12. The Bertz CT molecular complexity index is 980. The Kier molecular flexibility index (Phi) is 4.99. The second-order valence-corrected chi connectivity index (χ2v) is 9.48. The van der Waals surface area contributed by atoms with Gasteiger partial charge in [0.15, 0.2) is 0 Å². The summed E-state index contributed by atoms with van der Waals surface area (Å²) < 4.78 is 40.6. The van der Waals surface area contributed by atoms with Crippen LogP contribution >= 0.6 is 0 Å². The van der Waals surface area contributed by atoms with Crippen LogP contribution in [0.3, 0.4) is 0 Å². The number of benzene rings is 2. The number of hydrogen-bond donors (Lipinski definition) is 1. The van der Waals surface area contributed by atoms with E-state index in [1.165, 1.54) is 0 Å². The van der Waals surface area contributed by atoms with Crippen molar-refractivity contribution in [3.05, 3.63) is 52.6 Å². The summed E-state index contributed by atoms with van der Waals surface area (Å²) in [5.41, 5.74) is 3.00. The zero-order chi connectivity index (χ0) is 20.0. The van der Waals surface area contributed by atoms with Gasteiger partial charge in [-0.1, -0.05) is 17.7 Å². The first-order valence-electron chi connectivity index (χ1n) is 9.00. The van der Waals surface area contributed by atoms with Crippen molar-refractivity contribution in [2.45, 2.75) is 57.6 Å². The van der Waals surface area contributed by atoms with Gasteiger partial charge in [-0.3, -0.25) is 0 Å². The summed E-state index contributed by atoms with van der Waals surface area (Å²) in [4.78, 5) is 0.277. The van der Waals surface area contributed by atoms with Crippen LogP contribution in [0.5, 0.6) is 11.5 Å². The normalized spacial score (nSPS) is 18.5. The number of sulfonamides is 1. The average molecular weight is 390 g/mol. The van der Waals surface area contributed by atoms with E-state index in [1.54, 1.807) is 26.2 Å². The molecule has 0 bridgehead atoms. The van der Waals surface area contributed by atoms with Gasteiger partial charge in [0.25, 0.3) is 0 Å². The summed E-state index contributed by atoms with van der Waals surface area (Å²) in [6.45, 7) is 9.60. The molecule has 0 aliphatic carbocycles. The van der Waals surface area contributed by atoms with E-state index in [2.05, 4.69) is 4.72 Å². The third-order valence-electron chi connectivity index (χ3n) is 5.12. The highest BCUT2D eigenvalue weighted by Gasteiger charge is 2.36. The van der Waals surface area contributed by atoms with E-state index >= 15 is 0 Å². The standard InChI is InChI=1S/C21H27NO4S/c1-13-7-8-19-16(11-13)17(12-21(4,5)26-19)22-27(23,24)20-10-9-18(25-6)14(2)15(20)3/h7-11,17,22H,12H2,1-6H3/t17-/m1/s1. The summed E-state index contributed by atoms with van der Waals surface area (Å²) in [5, 5.41) is 0. The minimum Gasteiger partial charge on any atom is -0.496 e. The molecule has 0 saturated carbocycles. The van der Waals surface area contributed by atoms with E-state index in [-0.39, 0.29) is 10.9 Å². The van der Waals surface area contributed by atoms with E-state index in [0.717, 1.165) is 22.4 Å². The van der Waals surface area contributed by atoms with Crippen molar-refractivity contribution in [2.24, 2.45) is 0 Å². The fourth-order valence-electron chi connectivity index (χ4n) is 3.61. The Hall–Kier alpha value is -2.05. The van der Waals surface area contributed by atoms with Gasteiger partial charge in [-0.05, 0) is 63.9 Å². The van der Waals surface area contributed by atoms with Crippen molar-refractivity contribution in [3.63, 3.8) is 0 Å².